The van der Waals surface area contributed by atoms with Crippen LogP contribution in [-0.2, 0) is 4.79 Å². The van der Waals surface area contributed by atoms with Crippen molar-refractivity contribution >= 4 is 17.6 Å². The molecule has 1 saturated heterocycles. The van der Waals surface area contributed by atoms with Gasteiger partial charge in [-0.15, -0.1) is 0 Å². The minimum atomic E-state index is -0.384. The van der Waals surface area contributed by atoms with Crippen LogP contribution in [0.4, 0.5) is 14.9 Å². The minimum Gasteiger partial charge on any atom is -0.342 e. The Hall–Kier alpha value is -2.11. The number of rotatable bonds is 4. The fourth-order valence-corrected chi connectivity index (χ4v) is 4.87. The van der Waals surface area contributed by atoms with Crippen LogP contribution >= 0.6 is 0 Å². The van der Waals surface area contributed by atoms with Crippen molar-refractivity contribution in [1.82, 2.24) is 10.2 Å². The van der Waals surface area contributed by atoms with E-state index in [0.717, 1.165) is 45.1 Å². The van der Waals surface area contributed by atoms with Crippen LogP contribution in [-0.4, -0.2) is 36.5 Å². The topological polar surface area (TPSA) is 61.4 Å². The van der Waals surface area contributed by atoms with Crippen molar-refractivity contribution in [3.05, 3.63) is 30.1 Å². The molecule has 1 aromatic carbocycles. The third kappa shape index (κ3) is 6.19. The molecule has 2 fully saturated rings. The van der Waals surface area contributed by atoms with Gasteiger partial charge in [0, 0.05) is 31.2 Å². The molecule has 1 saturated carbocycles. The second kappa shape index (κ2) is 9.80. The Balaban J connectivity index is 1.43. The number of carbonyl (C=O) groups is 2. The summed E-state index contributed by atoms with van der Waals surface area (Å²) in [5.74, 6) is 1.04. The molecule has 6 heteroatoms. The Morgan fingerprint density at radius 3 is 2.53 bits per heavy atom. The zero-order chi connectivity index (χ0) is 21.7. The van der Waals surface area contributed by atoms with Gasteiger partial charge in [-0.2, -0.15) is 0 Å². The summed E-state index contributed by atoms with van der Waals surface area (Å²) < 4.78 is 13.2. The number of amides is 3. The molecule has 1 unspecified atom stereocenters. The fourth-order valence-electron chi connectivity index (χ4n) is 4.87. The van der Waals surface area contributed by atoms with Crippen molar-refractivity contribution in [1.29, 1.82) is 0 Å². The van der Waals surface area contributed by atoms with Gasteiger partial charge in [-0.1, -0.05) is 26.8 Å². The molecule has 1 aromatic rings. The largest absolute Gasteiger partial charge is 0.342 e. The predicted molar refractivity (Wildman–Crippen MR) is 118 cm³/mol. The van der Waals surface area contributed by atoms with Gasteiger partial charge >= 0.3 is 6.03 Å². The quantitative estimate of drug-likeness (QED) is 0.721. The Morgan fingerprint density at radius 2 is 1.87 bits per heavy atom. The first kappa shape index (κ1) is 22.6. The number of halogens is 1. The highest BCUT2D eigenvalue weighted by atomic mass is 19.1. The van der Waals surface area contributed by atoms with Gasteiger partial charge in [0.2, 0.25) is 5.91 Å². The van der Waals surface area contributed by atoms with Crippen molar-refractivity contribution in [3.63, 3.8) is 0 Å². The van der Waals surface area contributed by atoms with Gasteiger partial charge in [0.05, 0.1) is 0 Å². The Bertz CT molecular complexity index is 738. The number of urea groups is 1. The maximum atomic E-state index is 13.2. The van der Waals surface area contributed by atoms with E-state index in [1.807, 2.05) is 4.90 Å². The highest BCUT2D eigenvalue weighted by molar-refractivity contribution is 5.89. The number of hydrogen-bond acceptors (Lipinski definition) is 2. The third-order valence-electron chi connectivity index (χ3n) is 6.77. The summed E-state index contributed by atoms with van der Waals surface area (Å²) in [6, 6.07) is 5.49. The molecule has 1 atom stereocenters. The second-order valence-electron chi connectivity index (χ2n) is 10.1. The van der Waals surface area contributed by atoms with Gasteiger partial charge < -0.3 is 15.5 Å². The van der Waals surface area contributed by atoms with Crippen LogP contribution in [0.5, 0.6) is 0 Å². The summed E-state index contributed by atoms with van der Waals surface area (Å²) in [4.78, 5) is 27.2. The maximum absolute atomic E-state index is 13.2. The molecule has 0 bridgehead atoms. The fraction of sp³-hybridized carbons (Fsp3) is 0.667. The number of benzene rings is 1. The molecule has 2 N–H and O–H groups in total. The van der Waals surface area contributed by atoms with Gasteiger partial charge in [0.1, 0.15) is 5.82 Å². The van der Waals surface area contributed by atoms with Gasteiger partial charge in [0.25, 0.3) is 0 Å². The lowest BCUT2D eigenvalue weighted by Crippen LogP contribution is -2.47. The minimum absolute atomic E-state index is 0.159. The van der Waals surface area contributed by atoms with Crippen molar-refractivity contribution in [2.45, 2.75) is 59.3 Å². The molecule has 1 aliphatic heterocycles. The van der Waals surface area contributed by atoms with Crippen LogP contribution in [0.3, 0.4) is 0 Å². The molecule has 3 rings (SSSR count). The van der Waals surface area contributed by atoms with Gasteiger partial charge in [-0.25, -0.2) is 9.18 Å². The van der Waals surface area contributed by atoms with Crippen LogP contribution in [0.15, 0.2) is 24.3 Å². The number of hydrogen-bond donors (Lipinski definition) is 2. The first-order valence-electron chi connectivity index (χ1n) is 11.3. The Kier molecular flexibility index (Phi) is 7.37. The summed E-state index contributed by atoms with van der Waals surface area (Å²) in [5, 5.41) is 5.52. The lowest BCUT2D eigenvalue weighted by Gasteiger charge is -2.39. The van der Waals surface area contributed by atoms with Gasteiger partial charge in [-0.3, -0.25) is 4.79 Å². The van der Waals surface area contributed by atoms with E-state index < -0.39 is 0 Å². The number of nitrogens with zero attached hydrogens (tertiary/aromatic N) is 1. The maximum Gasteiger partial charge on any atom is 0.319 e. The highest BCUT2D eigenvalue weighted by Gasteiger charge is 2.35. The van der Waals surface area contributed by atoms with E-state index in [-0.39, 0.29) is 23.7 Å². The molecular formula is C24H36FN3O2. The summed E-state index contributed by atoms with van der Waals surface area (Å²) >= 11 is 0. The Morgan fingerprint density at radius 1 is 1.13 bits per heavy atom. The summed E-state index contributed by atoms with van der Waals surface area (Å²) in [6.45, 7) is 8.94. The number of anilines is 1. The average Bonchev–Trinajstić information content (AvgIpc) is 2.71. The number of likely N-dealkylation sites (tertiary alicyclic amines) is 1. The first-order chi connectivity index (χ1) is 14.2. The van der Waals surface area contributed by atoms with E-state index in [1.165, 1.54) is 12.1 Å². The molecule has 2 aliphatic rings. The van der Waals surface area contributed by atoms with Crippen LogP contribution in [0.2, 0.25) is 0 Å². The van der Waals surface area contributed by atoms with Crippen molar-refractivity contribution in [3.8, 4) is 0 Å². The molecule has 0 spiro atoms. The summed E-state index contributed by atoms with van der Waals surface area (Å²) in [5.41, 5.74) is 0.751. The number of carbonyl (C=O) groups excluding carboxylic acids is 2. The normalized spacial score (nSPS) is 24.9. The predicted octanol–water partition coefficient (Wildman–Crippen LogP) is 5.04. The van der Waals surface area contributed by atoms with Crippen LogP contribution < -0.4 is 10.6 Å². The molecule has 5 nitrogen and oxygen atoms in total. The highest BCUT2D eigenvalue weighted by Crippen LogP contribution is 2.40. The summed E-state index contributed by atoms with van der Waals surface area (Å²) in [7, 11) is 0. The third-order valence-corrected chi connectivity index (χ3v) is 6.77. The number of nitrogens with one attached hydrogen (secondary N) is 2. The molecule has 1 heterocycles. The van der Waals surface area contributed by atoms with E-state index in [0.29, 0.717) is 36.0 Å². The second-order valence-corrected chi connectivity index (χ2v) is 10.1. The zero-order valence-corrected chi connectivity index (χ0v) is 18.5. The standard InChI is InChI=1S/C24H36FN3O2/c1-24(2,3)19-11-9-18(10-12-19)22(29)28-13-5-6-17(16-28)15-26-23(30)27-21-8-4-7-20(25)14-21/h4,7-8,14,17-19H,5-6,9-13,15-16H2,1-3H3,(H2,26,27,30). The van der Waals surface area contributed by atoms with E-state index in [2.05, 4.69) is 31.4 Å². The van der Waals surface area contributed by atoms with Crippen LogP contribution in [0, 0.1) is 29.0 Å². The Labute approximate surface area is 179 Å². The zero-order valence-electron chi connectivity index (χ0n) is 18.5. The van der Waals surface area contributed by atoms with Crippen LogP contribution in [0.25, 0.3) is 0 Å². The molecular weight excluding hydrogens is 381 g/mol. The van der Waals surface area contributed by atoms with E-state index in [1.54, 1.807) is 12.1 Å². The number of piperidine rings is 1. The monoisotopic (exact) mass is 417 g/mol. The van der Waals surface area contributed by atoms with E-state index in [4.69, 9.17) is 0 Å². The smallest absolute Gasteiger partial charge is 0.319 e. The summed E-state index contributed by atoms with van der Waals surface area (Å²) in [6.07, 6.45) is 6.24. The van der Waals surface area contributed by atoms with E-state index >= 15 is 0 Å². The molecule has 0 radical (unpaired) electrons. The van der Waals surface area contributed by atoms with Gasteiger partial charge in [0.15, 0.2) is 0 Å². The molecule has 3 amide bonds. The van der Waals surface area contributed by atoms with Crippen molar-refractivity contribution < 1.29 is 14.0 Å². The lowest BCUT2D eigenvalue weighted by atomic mass is 9.69. The molecule has 1 aliphatic carbocycles. The van der Waals surface area contributed by atoms with Gasteiger partial charge in [-0.05, 0) is 74.0 Å². The molecule has 30 heavy (non-hydrogen) atoms. The molecule has 166 valence electrons. The lowest BCUT2D eigenvalue weighted by molar-refractivity contribution is -0.139. The average molecular weight is 418 g/mol. The van der Waals surface area contributed by atoms with Crippen LogP contribution in [0.1, 0.15) is 59.3 Å². The SMILES string of the molecule is CC(C)(C)C1CCC(C(=O)N2CCCC(CNC(=O)Nc3cccc(F)c3)C2)CC1. The first-order valence-corrected chi connectivity index (χ1v) is 11.3. The molecule has 0 aromatic heterocycles. The van der Waals surface area contributed by atoms with E-state index in [9.17, 15) is 14.0 Å². The van der Waals surface area contributed by atoms with Crippen molar-refractivity contribution in [2.24, 2.45) is 23.2 Å². The van der Waals surface area contributed by atoms with Crippen molar-refractivity contribution in [2.75, 3.05) is 25.0 Å².